The predicted octanol–water partition coefficient (Wildman–Crippen LogP) is 2.13. The van der Waals surface area contributed by atoms with Gasteiger partial charge in [0, 0.05) is 37.4 Å². The van der Waals surface area contributed by atoms with Gasteiger partial charge in [-0.2, -0.15) is 8.78 Å². The summed E-state index contributed by atoms with van der Waals surface area (Å²) >= 11 is 0. The van der Waals surface area contributed by atoms with E-state index >= 15 is 0 Å². The smallest absolute Gasteiger partial charge is 0.321 e. The van der Waals surface area contributed by atoms with Gasteiger partial charge in [0.2, 0.25) is 0 Å². The van der Waals surface area contributed by atoms with Crippen LogP contribution in [0.4, 0.5) is 14.5 Å². The van der Waals surface area contributed by atoms with Gasteiger partial charge in [0.05, 0.1) is 6.20 Å². The van der Waals surface area contributed by atoms with Gasteiger partial charge in [-0.15, -0.1) is 0 Å². The van der Waals surface area contributed by atoms with Crippen molar-refractivity contribution < 1.29 is 13.6 Å². The zero-order valence-electron chi connectivity index (χ0n) is 16.8. The van der Waals surface area contributed by atoms with Crippen LogP contribution in [0.1, 0.15) is 35.4 Å². The van der Waals surface area contributed by atoms with E-state index < -0.39 is 12.5 Å². The van der Waals surface area contributed by atoms with Gasteiger partial charge in [-0.3, -0.25) is 9.36 Å². The first-order valence-corrected chi connectivity index (χ1v) is 10.4. The number of fused-ring (bicyclic) bond motifs is 3. The van der Waals surface area contributed by atoms with E-state index in [1.807, 2.05) is 0 Å². The summed E-state index contributed by atoms with van der Waals surface area (Å²) in [6, 6.07) is 9.66. The Morgan fingerprint density at radius 1 is 1.16 bits per heavy atom. The molecular formula is C21H23F2N7O. The molecule has 2 aliphatic rings. The van der Waals surface area contributed by atoms with Crippen molar-refractivity contribution in [3.05, 3.63) is 48.0 Å². The zero-order valence-corrected chi connectivity index (χ0v) is 16.8. The number of benzene rings is 1. The SMILES string of the molecule is O=C(NCCc1ccc(N2CC3CCC(C2)N3)cc1)c1cnc2c(ncn2C(F)F)n1. The number of amides is 1. The first-order valence-electron chi connectivity index (χ1n) is 10.4. The molecule has 31 heavy (non-hydrogen) atoms. The summed E-state index contributed by atoms with van der Waals surface area (Å²) < 4.78 is 26.3. The first-order chi connectivity index (χ1) is 15.1. The van der Waals surface area contributed by atoms with Crippen LogP contribution in [0.15, 0.2) is 36.8 Å². The highest BCUT2D eigenvalue weighted by Gasteiger charge is 2.32. The Kier molecular flexibility index (Phi) is 5.23. The number of nitrogens with one attached hydrogen (secondary N) is 2. The normalized spacial score (nSPS) is 20.5. The van der Waals surface area contributed by atoms with Crippen LogP contribution >= 0.6 is 0 Å². The number of hydrogen-bond donors (Lipinski definition) is 2. The Balaban J connectivity index is 1.15. The number of imidazole rings is 1. The molecule has 2 unspecified atom stereocenters. The highest BCUT2D eigenvalue weighted by molar-refractivity contribution is 5.93. The third kappa shape index (κ3) is 4.07. The molecule has 2 atom stereocenters. The summed E-state index contributed by atoms with van der Waals surface area (Å²) in [6.07, 6.45) is 5.34. The third-order valence-corrected chi connectivity index (χ3v) is 5.94. The minimum atomic E-state index is -2.76. The molecule has 162 valence electrons. The van der Waals surface area contributed by atoms with Crippen LogP contribution in [0.2, 0.25) is 0 Å². The molecule has 0 radical (unpaired) electrons. The fraction of sp³-hybridized carbons (Fsp3) is 0.429. The highest BCUT2D eigenvalue weighted by atomic mass is 19.3. The quantitative estimate of drug-likeness (QED) is 0.627. The van der Waals surface area contributed by atoms with Crippen molar-refractivity contribution in [1.29, 1.82) is 0 Å². The second-order valence-electron chi connectivity index (χ2n) is 8.05. The van der Waals surface area contributed by atoms with E-state index in [2.05, 4.69) is 54.8 Å². The van der Waals surface area contributed by atoms with Crippen LogP contribution in [-0.2, 0) is 6.42 Å². The van der Waals surface area contributed by atoms with Gasteiger partial charge in [0.1, 0.15) is 12.0 Å². The maximum atomic E-state index is 12.9. The van der Waals surface area contributed by atoms with Gasteiger partial charge in [0.15, 0.2) is 11.3 Å². The van der Waals surface area contributed by atoms with Crippen LogP contribution < -0.4 is 15.5 Å². The van der Waals surface area contributed by atoms with Crippen molar-refractivity contribution in [2.24, 2.45) is 0 Å². The fourth-order valence-corrected chi connectivity index (χ4v) is 4.36. The second kappa shape index (κ2) is 8.18. The largest absolute Gasteiger partial charge is 0.368 e. The molecule has 3 aromatic rings. The molecule has 2 aromatic heterocycles. The Hall–Kier alpha value is -3.14. The van der Waals surface area contributed by atoms with E-state index in [4.69, 9.17) is 0 Å². The van der Waals surface area contributed by atoms with Crippen LogP contribution in [0.3, 0.4) is 0 Å². The third-order valence-electron chi connectivity index (χ3n) is 5.94. The number of halogens is 2. The van der Waals surface area contributed by atoms with Gasteiger partial charge >= 0.3 is 6.55 Å². The average Bonchev–Trinajstić information content (AvgIpc) is 3.36. The molecule has 4 heterocycles. The summed E-state index contributed by atoms with van der Waals surface area (Å²) in [4.78, 5) is 26.5. The molecule has 2 aliphatic heterocycles. The molecule has 5 rings (SSSR count). The predicted molar refractivity (Wildman–Crippen MR) is 111 cm³/mol. The number of hydrogen-bond acceptors (Lipinski definition) is 6. The molecule has 10 heteroatoms. The molecule has 0 saturated carbocycles. The second-order valence-corrected chi connectivity index (χ2v) is 8.05. The van der Waals surface area contributed by atoms with E-state index in [1.165, 1.54) is 24.7 Å². The fourth-order valence-electron chi connectivity index (χ4n) is 4.36. The number of piperazine rings is 1. The molecule has 2 saturated heterocycles. The summed E-state index contributed by atoms with van der Waals surface area (Å²) in [5.74, 6) is -0.408. The van der Waals surface area contributed by atoms with Crippen molar-refractivity contribution in [2.45, 2.75) is 37.9 Å². The number of carbonyl (C=O) groups is 1. The van der Waals surface area contributed by atoms with Crippen LogP contribution in [0.5, 0.6) is 0 Å². The summed E-state index contributed by atoms with van der Waals surface area (Å²) in [5, 5.41) is 6.44. The van der Waals surface area contributed by atoms with Crippen molar-refractivity contribution in [2.75, 3.05) is 24.5 Å². The maximum absolute atomic E-state index is 12.9. The van der Waals surface area contributed by atoms with Crippen molar-refractivity contribution >= 4 is 22.9 Å². The van der Waals surface area contributed by atoms with Gasteiger partial charge in [0.25, 0.3) is 5.91 Å². The minimum absolute atomic E-state index is 0.0184. The molecule has 2 bridgehead atoms. The van der Waals surface area contributed by atoms with E-state index in [0.29, 0.717) is 29.6 Å². The highest BCUT2D eigenvalue weighted by Crippen LogP contribution is 2.25. The van der Waals surface area contributed by atoms with Gasteiger partial charge < -0.3 is 15.5 Å². The summed E-state index contributed by atoms with van der Waals surface area (Å²) in [5.41, 5.74) is 2.38. The van der Waals surface area contributed by atoms with Gasteiger partial charge in [-0.25, -0.2) is 15.0 Å². The standard InChI is InChI=1S/C21H23F2N7O/c22-21(23)30-12-26-18-19(30)25-9-17(28-18)20(31)24-8-7-13-1-5-16(6-2-13)29-10-14-3-4-15(11-29)27-14/h1-2,5-6,9,12,14-15,21,27H,3-4,7-8,10-11H2,(H,24,31). The van der Waals surface area contributed by atoms with Crippen molar-refractivity contribution in [3.63, 3.8) is 0 Å². The summed E-state index contributed by atoms with van der Waals surface area (Å²) in [6.45, 7) is -0.229. The average molecular weight is 427 g/mol. The minimum Gasteiger partial charge on any atom is -0.368 e. The lowest BCUT2D eigenvalue weighted by molar-refractivity contribution is 0.0740. The number of anilines is 1. The molecular weight excluding hydrogens is 404 g/mol. The molecule has 1 amide bonds. The maximum Gasteiger partial charge on any atom is 0.321 e. The molecule has 0 spiro atoms. The van der Waals surface area contributed by atoms with E-state index in [-0.39, 0.29) is 17.0 Å². The van der Waals surface area contributed by atoms with Gasteiger partial charge in [-0.1, -0.05) is 12.1 Å². The number of aromatic nitrogens is 4. The van der Waals surface area contributed by atoms with Crippen molar-refractivity contribution in [3.8, 4) is 0 Å². The van der Waals surface area contributed by atoms with Crippen LogP contribution in [0.25, 0.3) is 11.3 Å². The van der Waals surface area contributed by atoms with Crippen molar-refractivity contribution in [1.82, 2.24) is 30.2 Å². The van der Waals surface area contributed by atoms with Crippen LogP contribution in [-0.4, -0.2) is 57.1 Å². The summed E-state index contributed by atoms with van der Waals surface area (Å²) in [7, 11) is 0. The lowest BCUT2D eigenvalue weighted by Gasteiger charge is -2.34. The Labute approximate surface area is 177 Å². The molecule has 8 nitrogen and oxygen atoms in total. The number of carbonyl (C=O) groups excluding carboxylic acids is 1. The van der Waals surface area contributed by atoms with E-state index in [0.717, 1.165) is 25.0 Å². The Bertz CT molecular complexity index is 1070. The van der Waals surface area contributed by atoms with E-state index in [9.17, 15) is 13.6 Å². The van der Waals surface area contributed by atoms with Gasteiger partial charge in [-0.05, 0) is 37.0 Å². The zero-order chi connectivity index (χ0) is 21.4. The lowest BCUT2D eigenvalue weighted by atomic mass is 10.1. The van der Waals surface area contributed by atoms with Crippen LogP contribution in [0, 0.1) is 0 Å². The monoisotopic (exact) mass is 427 g/mol. The lowest BCUT2D eigenvalue weighted by Crippen LogP contribution is -2.51. The number of nitrogens with zero attached hydrogens (tertiary/aromatic N) is 5. The Morgan fingerprint density at radius 2 is 1.90 bits per heavy atom. The number of rotatable bonds is 6. The Morgan fingerprint density at radius 3 is 2.61 bits per heavy atom. The molecule has 2 fully saturated rings. The number of alkyl halides is 2. The first kappa shape index (κ1) is 19.8. The topological polar surface area (TPSA) is 88.0 Å². The molecule has 0 aliphatic carbocycles. The van der Waals surface area contributed by atoms with E-state index in [1.54, 1.807) is 0 Å². The molecule has 1 aromatic carbocycles. The molecule has 2 N–H and O–H groups in total.